The predicted octanol–water partition coefficient (Wildman–Crippen LogP) is 3.02. The normalized spacial score (nSPS) is 12.1. The Labute approximate surface area is 156 Å². The van der Waals surface area contributed by atoms with Crippen molar-refractivity contribution < 1.29 is 14.0 Å². The third kappa shape index (κ3) is 4.49. The van der Waals surface area contributed by atoms with Gasteiger partial charge in [0, 0.05) is 0 Å². The second-order valence-electron chi connectivity index (χ2n) is 6.65. The molecule has 0 aliphatic heterocycles. The Morgan fingerprint density at radius 1 is 1.11 bits per heavy atom. The Morgan fingerprint density at radius 2 is 1.81 bits per heavy atom. The van der Waals surface area contributed by atoms with Crippen LogP contribution in [0.5, 0.6) is 0 Å². The summed E-state index contributed by atoms with van der Waals surface area (Å²) >= 11 is 0. The summed E-state index contributed by atoms with van der Waals surface area (Å²) < 4.78 is 13.7. The van der Waals surface area contributed by atoms with Gasteiger partial charge in [-0.1, -0.05) is 44.2 Å². The van der Waals surface area contributed by atoms with Gasteiger partial charge >= 0.3 is 0 Å². The second kappa shape index (κ2) is 7.99. The fourth-order valence-electron chi connectivity index (χ4n) is 2.78. The van der Waals surface area contributed by atoms with Crippen LogP contribution in [-0.2, 0) is 16.0 Å². The van der Waals surface area contributed by atoms with Gasteiger partial charge in [-0.05, 0) is 29.7 Å². The van der Waals surface area contributed by atoms with Crippen LogP contribution in [0.3, 0.4) is 0 Å². The number of hydrogen-bond donors (Lipinski definition) is 3. The van der Waals surface area contributed by atoms with Crippen LogP contribution in [0.25, 0.3) is 11.0 Å². The van der Waals surface area contributed by atoms with Crippen molar-refractivity contribution in [1.82, 2.24) is 15.3 Å². The molecule has 27 heavy (non-hydrogen) atoms. The molecule has 3 aromatic rings. The molecule has 0 fully saturated rings. The number of hydrogen-bond acceptors (Lipinski definition) is 3. The highest BCUT2D eigenvalue weighted by Crippen LogP contribution is 2.14. The van der Waals surface area contributed by atoms with E-state index in [0.29, 0.717) is 5.95 Å². The Kier molecular flexibility index (Phi) is 5.49. The number of imidazole rings is 1. The Hall–Kier alpha value is -3.22. The van der Waals surface area contributed by atoms with Crippen molar-refractivity contribution in [1.29, 1.82) is 0 Å². The molecular weight excluding hydrogens is 347 g/mol. The van der Waals surface area contributed by atoms with Crippen molar-refractivity contribution in [3.63, 3.8) is 0 Å². The lowest BCUT2D eigenvalue weighted by molar-refractivity contribution is -0.127. The first-order valence-corrected chi connectivity index (χ1v) is 8.72. The number of amides is 2. The lowest BCUT2D eigenvalue weighted by Crippen LogP contribution is -2.47. The average Bonchev–Trinajstić information content (AvgIpc) is 3.03. The van der Waals surface area contributed by atoms with Gasteiger partial charge in [0.25, 0.3) is 0 Å². The van der Waals surface area contributed by atoms with Crippen molar-refractivity contribution in [2.45, 2.75) is 26.3 Å². The number of fused-ring (bicyclic) bond motifs is 1. The summed E-state index contributed by atoms with van der Waals surface area (Å²) in [5, 5.41) is 5.39. The zero-order valence-electron chi connectivity index (χ0n) is 15.1. The van der Waals surface area contributed by atoms with Gasteiger partial charge in [-0.15, -0.1) is 0 Å². The van der Waals surface area contributed by atoms with Crippen LogP contribution in [0.1, 0.15) is 19.4 Å². The number of nitrogens with zero attached hydrogens (tertiary/aromatic N) is 1. The van der Waals surface area contributed by atoms with Gasteiger partial charge in [-0.2, -0.15) is 0 Å². The molecular formula is C20H21FN4O2. The molecule has 0 bridgehead atoms. The van der Waals surface area contributed by atoms with Crippen molar-refractivity contribution in [2.75, 3.05) is 5.32 Å². The molecule has 0 aliphatic rings. The lowest BCUT2D eigenvalue weighted by Gasteiger charge is -2.21. The predicted molar refractivity (Wildman–Crippen MR) is 102 cm³/mol. The van der Waals surface area contributed by atoms with Crippen LogP contribution in [0.4, 0.5) is 10.3 Å². The molecule has 0 saturated carbocycles. The van der Waals surface area contributed by atoms with Crippen LogP contribution in [0.15, 0.2) is 48.5 Å². The standard InChI is InChI=1S/C20H21FN4O2/c1-12(2)18(24-17(26)11-13-7-3-4-8-14(13)21)19(27)25-20-22-15-9-5-6-10-16(15)23-20/h3-10,12,18H,11H2,1-2H3,(H,24,26)(H2,22,23,25,27)/t18-/m1/s1. The molecule has 1 heterocycles. The van der Waals surface area contributed by atoms with E-state index in [2.05, 4.69) is 20.6 Å². The van der Waals surface area contributed by atoms with Crippen LogP contribution in [-0.4, -0.2) is 27.8 Å². The topological polar surface area (TPSA) is 86.9 Å². The van der Waals surface area contributed by atoms with Gasteiger partial charge in [0.05, 0.1) is 17.5 Å². The maximum absolute atomic E-state index is 13.7. The summed E-state index contributed by atoms with van der Waals surface area (Å²) in [6.07, 6.45) is -0.131. The van der Waals surface area contributed by atoms with Crippen LogP contribution in [0, 0.1) is 11.7 Å². The van der Waals surface area contributed by atoms with E-state index in [1.165, 1.54) is 6.07 Å². The Morgan fingerprint density at radius 3 is 2.52 bits per heavy atom. The van der Waals surface area contributed by atoms with E-state index in [1.807, 2.05) is 38.1 Å². The monoisotopic (exact) mass is 368 g/mol. The van der Waals surface area contributed by atoms with E-state index in [-0.39, 0.29) is 23.8 Å². The third-order valence-electron chi connectivity index (χ3n) is 4.21. The third-order valence-corrected chi connectivity index (χ3v) is 4.21. The fourth-order valence-corrected chi connectivity index (χ4v) is 2.78. The summed E-state index contributed by atoms with van der Waals surface area (Å²) in [6, 6.07) is 12.7. The summed E-state index contributed by atoms with van der Waals surface area (Å²) in [7, 11) is 0. The number of anilines is 1. The van der Waals surface area contributed by atoms with Crippen molar-refractivity contribution in [2.24, 2.45) is 5.92 Å². The number of aromatic amines is 1. The molecule has 1 atom stereocenters. The van der Waals surface area contributed by atoms with Crippen molar-refractivity contribution >= 4 is 28.8 Å². The van der Waals surface area contributed by atoms with Gasteiger partial charge in [0.1, 0.15) is 11.9 Å². The van der Waals surface area contributed by atoms with E-state index < -0.39 is 17.8 Å². The quantitative estimate of drug-likeness (QED) is 0.625. The van der Waals surface area contributed by atoms with Gasteiger partial charge in [0.15, 0.2) is 0 Å². The van der Waals surface area contributed by atoms with E-state index in [1.54, 1.807) is 18.2 Å². The second-order valence-corrected chi connectivity index (χ2v) is 6.65. The minimum Gasteiger partial charge on any atom is -0.344 e. The number of H-pyrrole nitrogens is 1. The fraction of sp³-hybridized carbons (Fsp3) is 0.250. The smallest absolute Gasteiger partial charge is 0.249 e. The number of halogens is 1. The van der Waals surface area contributed by atoms with E-state index >= 15 is 0 Å². The molecule has 0 radical (unpaired) electrons. The van der Waals surface area contributed by atoms with Crippen molar-refractivity contribution in [3.8, 4) is 0 Å². The van der Waals surface area contributed by atoms with Gasteiger partial charge < -0.3 is 10.3 Å². The largest absolute Gasteiger partial charge is 0.344 e. The van der Waals surface area contributed by atoms with Gasteiger partial charge in [-0.3, -0.25) is 14.9 Å². The number of carbonyl (C=O) groups is 2. The number of benzene rings is 2. The highest BCUT2D eigenvalue weighted by Gasteiger charge is 2.25. The highest BCUT2D eigenvalue weighted by molar-refractivity contribution is 5.97. The number of aromatic nitrogens is 2. The van der Waals surface area contributed by atoms with Gasteiger partial charge in [-0.25, -0.2) is 9.37 Å². The molecule has 0 aliphatic carbocycles. The maximum Gasteiger partial charge on any atom is 0.249 e. The molecule has 3 N–H and O–H groups in total. The lowest BCUT2D eigenvalue weighted by atomic mass is 10.0. The summed E-state index contributed by atoms with van der Waals surface area (Å²) in [4.78, 5) is 32.2. The first kappa shape index (κ1) is 18.6. The average molecular weight is 368 g/mol. The molecule has 0 saturated heterocycles. The number of rotatable bonds is 6. The summed E-state index contributed by atoms with van der Waals surface area (Å²) in [6.45, 7) is 3.65. The SMILES string of the molecule is CC(C)[C@@H](NC(=O)Cc1ccccc1F)C(=O)Nc1nc2ccccc2[nH]1. The summed E-state index contributed by atoms with van der Waals surface area (Å²) in [5.74, 6) is -1.08. The molecule has 2 amide bonds. The zero-order valence-corrected chi connectivity index (χ0v) is 15.1. The number of nitrogens with one attached hydrogen (secondary N) is 3. The summed E-state index contributed by atoms with van der Waals surface area (Å²) in [5.41, 5.74) is 1.82. The minimum absolute atomic E-state index is 0.131. The molecule has 2 aromatic carbocycles. The highest BCUT2D eigenvalue weighted by atomic mass is 19.1. The van der Waals surface area contributed by atoms with Crippen LogP contribution < -0.4 is 10.6 Å². The van der Waals surface area contributed by atoms with E-state index in [0.717, 1.165) is 11.0 Å². The van der Waals surface area contributed by atoms with E-state index in [4.69, 9.17) is 0 Å². The molecule has 3 rings (SSSR count). The van der Waals surface area contributed by atoms with Gasteiger partial charge in [0.2, 0.25) is 17.8 Å². The molecule has 0 spiro atoms. The maximum atomic E-state index is 13.7. The molecule has 7 heteroatoms. The molecule has 140 valence electrons. The first-order valence-electron chi connectivity index (χ1n) is 8.72. The molecule has 0 unspecified atom stereocenters. The Balaban J connectivity index is 1.68. The zero-order chi connectivity index (χ0) is 19.4. The Bertz CT molecular complexity index is 934. The van der Waals surface area contributed by atoms with Crippen molar-refractivity contribution in [3.05, 3.63) is 59.9 Å². The molecule has 6 nitrogen and oxygen atoms in total. The number of para-hydroxylation sites is 2. The number of carbonyl (C=O) groups excluding carboxylic acids is 2. The first-order chi connectivity index (χ1) is 12.9. The molecule has 1 aromatic heterocycles. The van der Waals surface area contributed by atoms with Crippen LogP contribution >= 0.6 is 0 Å². The van der Waals surface area contributed by atoms with Crippen LogP contribution in [0.2, 0.25) is 0 Å². The van der Waals surface area contributed by atoms with E-state index in [9.17, 15) is 14.0 Å². The minimum atomic E-state index is -0.766.